The van der Waals surface area contributed by atoms with Gasteiger partial charge in [0.05, 0.1) is 11.3 Å². The standard InChI is InChI=1S/C31H27F4N3O3/c1-2-37(38-16-15-21-19-24(32)11-12-26(21)38)30(40)25(17-20-7-4-3-5-8-20)36-29(39)28-14-13-27(41-28)22-9-6-10-23(18-22)31(33,34)35/h3-14,18-19,25H,2,15-17H2,1H3,(H,36,39). The van der Waals surface area contributed by atoms with E-state index in [1.54, 1.807) is 11.1 Å². The Kier molecular flexibility index (Phi) is 7.83. The van der Waals surface area contributed by atoms with Gasteiger partial charge >= 0.3 is 6.18 Å². The van der Waals surface area contributed by atoms with Gasteiger partial charge in [0, 0.05) is 25.1 Å². The first-order chi connectivity index (χ1) is 19.6. The van der Waals surface area contributed by atoms with Gasteiger partial charge in [-0.2, -0.15) is 13.2 Å². The van der Waals surface area contributed by atoms with Gasteiger partial charge in [-0.3, -0.25) is 19.6 Å². The van der Waals surface area contributed by atoms with Crippen molar-refractivity contribution in [3.63, 3.8) is 0 Å². The Balaban J connectivity index is 1.39. The van der Waals surface area contributed by atoms with Crippen LogP contribution >= 0.6 is 0 Å². The van der Waals surface area contributed by atoms with Gasteiger partial charge in [0.1, 0.15) is 17.6 Å². The highest BCUT2D eigenvalue weighted by Crippen LogP contribution is 2.33. The number of furan rings is 1. The Hall–Kier alpha value is -4.60. The van der Waals surface area contributed by atoms with Crippen LogP contribution in [0.1, 0.15) is 34.2 Å². The molecule has 0 fully saturated rings. The molecule has 2 heterocycles. The van der Waals surface area contributed by atoms with E-state index in [-0.39, 0.29) is 35.2 Å². The third kappa shape index (κ3) is 6.11. The van der Waals surface area contributed by atoms with E-state index in [0.29, 0.717) is 19.5 Å². The summed E-state index contributed by atoms with van der Waals surface area (Å²) in [6.07, 6.45) is -3.77. The number of rotatable bonds is 8. The van der Waals surface area contributed by atoms with Crippen LogP contribution in [0.4, 0.5) is 23.2 Å². The monoisotopic (exact) mass is 565 g/mol. The molecule has 1 unspecified atom stereocenters. The molecule has 0 saturated heterocycles. The number of hydrogen-bond donors (Lipinski definition) is 1. The first kappa shape index (κ1) is 27.9. The number of alkyl halides is 3. The summed E-state index contributed by atoms with van der Waals surface area (Å²) < 4.78 is 58.9. The molecule has 41 heavy (non-hydrogen) atoms. The van der Waals surface area contributed by atoms with Crippen molar-refractivity contribution in [1.82, 2.24) is 10.3 Å². The molecule has 1 aliphatic heterocycles. The van der Waals surface area contributed by atoms with Crippen molar-refractivity contribution in [2.45, 2.75) is 32.0 Å². The zero-order chi connectivity index (χ0) is 29.1. The average molecular weight is 566 g/mol. The lowest BCUT2D eigenvalue weighted by Crippen LogP contribution is -2.55. The van der Waals surface area contributed by atoms with E-state index in [0.717, 1.165) is 28.9 Å². The zero-order valence-corrected chi connectivity index (χ0v) is 22.1. The zero-order valence-electron chi connectivity index (χ0n) is 22.1. The van der Waals surface area contributed by atoms with E-state index >= 15 is 0 Å². The van der Waals surface area contributed by atoms with Crippen LogP contribution in [0.2, 0.25) is 0 Å². The number of anilines is 1. The molecule has 0 saturated carbocycles. The number of halogens is 4. The van der Waals surface area contributed by atoms with E-state index in [9.17, 15) is 27.2 Å². The molecule has 2 amide bonds. The van der Waals surface area contributed by atoms with Crippen LogP contribution in [-0.4, -0.2) is 36.0 Å². The summed E-state index contributed by atoms with van der Waals surface area (Å²) in [6.45, 7) is 2.59. The van der Waals surface area contributed by atoms with Gasteiger partial charge in [-0.25, -0.2) is 4.39 Å². The highest BCUT2D eigenvalue weighted by atomic mass is 19.4. The fourth-order valence-corrected chi connectivity index (χ4v) is 4.97. The summed E-state index contributed by atoms with van der Waals surface area (Å²) in [6, 6.07) is 20.0. The number of nitrogens with zero attached hydrogens (tertiary/aromatic N) is 2. The Morgan fingerprint density at radius 1 is 1.00 bits per heavy atom. The second-order valence-electron chi connectivity index (χ2n) is 9.66. The fraction of sp³-hybridized carbons (Fsp3) is 0.226. The van der Waals surface area contributed by atoms with Crippen LogP contribution in [-0.2, 0) is 23.8 Å². The Morgan fingerprint density at radius 3 is 2.51 bits per heavy atom. The minimum Gasteiger partial charge on any atom is -0.451 e. The number of likely N-dealkylation sites (N-methyl/N-ethyl adjacent to an activating group) is 1. The quantitative estimate of drug-likeness (QED) is 0.256. The van der Waals surface area contributed by atoms with Crippen LogP contribution in [0.15, 0.2) is 89.3 Å². The van der Waals surface area contributed by atoms with Crippen LogP contribution in [0.5, 0.6) is 0 Å². The highest BCUT2D eigenvalue weighted by molar-refractivity contribution is 5.96. The molecule has 10 heteroatoms. The molecule has 0 bridgehead atoms. The molecule has 0 radical (unpaired) electrons. The number of benzene rings is 3. The maximum atomic E-state index is 13.9. The number of carbonyl (C=O) groups is 2. The summed E-state index contributed by atoms with van der Waals surface area (Å²) in [4.78, 5) is 27.2. The molecule has 1 aromatic heterocycles. The Labute approximate surface area is 234 Å². The molecule has 1 N–H and O–H groups in total. The van der Waals surface area contributed by atoms with E-state index < -0.39 is 23.7 Å². The van der Waals surface area contributed by atoms with Crippen molar-refractivity contribution >= 4 is 17.5 Å². The van der Waals surface area contributed by atoms with E-state index in [4.69, 9.17) is 4.42 Å². The summed E-state index contributed by atoms with van der Waals surface area (Å²) in [7, 11) is 0. The fourth-order valence-electron chi connectivity index (χ4n) is 4.97. The smallest absolute Gasteiger partial charge is 0.416 e. The molecule has 1 aliphatic rings. The van der Waals surface area contributed by atoms with Gasteiger partial charge in [-0.15, -0.1) is 0 Å². The van der Waals surface area contributed by atoms with Crippen LogP contribution in [0.25, 0.3) is 11.3 Å². The first-order valence-electron chi connectivity index (χ1n) is 13.1. The molecule has 0 aliphatic carbocycles. The van der Waals surface area contributed by atoms with Gasteiger partial charge in [0.15, 0.2) is 5.76 Å². The Morgan fingerprint density at radius 2 is 1.78 bits per heavy atom. The number of fused-ring (bicyclic) bond motifs is 1. The third-order valence-electron chi connectivity index (χ3n) is 6.95. The van der Waals surface area contributed by atoms with Gasteiger partial charge in [0.2, 0.25) is 0 Å². The minimum absolute atomic E-state index is 0.0864. The number of hydrazine groups is 1. The lowest BCUT2D eigenvalue weighted by atomic mass is 10.0. The predicted octanol–water partition coefficient (Wildman–Crippen LogP) is 6.27. The van der Waals surface area contributed by atoms with Crippen molar-refractivity contribution in [2.75, 3.05) is 18.1 Å². The number of carbonyl (C=O) groups excluding carboxylic acids is 2. The first-order valence-corrected chi connectivity index (χ1v) is 13.1. The normalized spacial score (nSPS) is 13.5. The molecular weight excluding hydrogens is 538 g/mol. The summed E-state index contributed by atoms with van der Waals surface area (Å²) in [5, 5.41) is 6.09. The molecule has 4 aromatic rings. The Bertz CT molecular complexity index is 1550. The molecule has 212 valence electrons. The molecule has 6 nitrogen and oxygen atoms in total. The van der Waals surface area contributed by atoms with Crippen molar-refractivity contribution in [2.24, 2.45) is 0 Å². The second kappa shape index (κ2) is 11.5. The van der Waals surface area contributed by atoms with Crippen LogP contribution in [0.3, 0.4) is 0 Å². The topological polar surface area (TPSA) is 65.8 Å². The second-order valence-corrected chi connectivity index (χ2v) is 9.66. The van der Waals surface area contributed by atoms with Gasteiger partial charge < -0.3 is 9.73 Å². The number of nitrogens with one attached hydrogen (secondary N) is 1. The van der Waals surface area contributed by atoms with E-state index in [2.05, 4.69) is 5.32 Å². The van der Waals surface area contributed by atoms with Crippen LogP contribution < -0.4 is 10.3 Å². The largest absolute Gasteiger partial charge is 0.451 e. The predicted molar refractivity (Wildman–Crippen MR) is 145 cm³/mol. The molecular formula is C31H27F4N3O3. The van der Waals surface area contributed by atoms with Gasteiger partial charge in [0.25, 0.3) is 11.8 Å². The van der Waals surface area contributed by atoms with Crippen molar-refractivity contribution in [3.8, 4) is 11.3 Å². The van der Waals surface area contributed by atoms with E-state index in [1.807, 2.05) is 37.3 Å². The van der Waals surface area contributed by atoms with Crippen molar-refractivity contribution in [1.29, 1.82) is 0 Å². The SMILES string of the molecule is CCN(C(=O)C(Cc1ccccc1)NC(=O)c1ccc(-c2cccc(C(F)(F)F)c2)o1)N1CCc2cc(F)ccc21. The summed E-state index contributed by atoms with van der Waals surface area (Å²) in [5.74, 6) is -1.46. The maximum Gasteiger partial charge on any atom is 0.416 e. The lowest BCUT2D eigenvalue weighted by molar-refractivity contribution is -0.137. The average Bonchev–Trinajstić information content (AvgIpc) is 3.61. The molecule has 5 rings (SSSR count). The van der Waals surface area contributed by atoms with Crippen LogP contribution in [0, 0.1) is 5.82 Å². The minimum atomic E-state index is -4.52. The van der Waals surface area contributed by atoms with Crippen molar-refractivity contribution < 1.29 is 31.6 Å². The number of amides is 2. The maximum absolute atomic E-state index is 13.9. The lowest BCUT2D eigenvalue weighted by Gasteiger charge is -2.35. The molecule has 0 spiro atoms. The molecule has 3 aromatic carbocycles. The summed E-state index contributed by atoms with van der Waals surface area (Å²) in [5.41, 5.74) is 1.66. The van der Waals surface area contributed by atoms with E-state index in [1.165, 1.54) is 41.4 Å². The molecule has 1 atom stereocenters. The number of hydrogen-bond acceptors (Lipinski definition) is 4. The van der Waals surface area contributed by atoms with Crippen molar-refractivity contribution in [3.05, 3.63) is 113 Å². The highest BCUT2D eigenvalue weighted by Gasteiger charge is 2.34. The summed E-state index contributed by atoms with van der Waals surface area (Å²) >= 11 is 0. The third-order valence-corrected chi connectivity index (χ3v) is 6.95. The van der Waals surface area contributed by atoms with Gasteiger partial charge in [-0.05, 0) is 66.9 Å². The van der Waals surface area contributed by atoms with Gasteiger partial charge in [-0.1, -0.05) is 42.5 Å².